The van der Waals surface area contributed by atoms with Crippen LogP contribution in [-0.4, -0.2) is 71.0 Å². The Hall–Kier alpha value is -3.92. The molecule has 0 saturated carbocycles. The molecule has 4 rings (SSSR count). The molecule has 226 valence electrons. The third-order valence-corrected chi connectivity index (χ3v) is 7.88. The summed E-state index contributed by atoms with van der Waals surface area (Å²) in [6.07, 6.45) is 3.36. The van der Waals surface area contributed by atoms with Gasteiger partial charge in [-0.3, -0.25) is 9.59 Å². The molecule has 0 bridgehead atoms. The third kappa shape index (κ3) is 8.31. The van der Waals surface area contributed by atoms with E-state index in [-0.39, 0.29) is 30.3 Å². The van der Waals surface area contributed by atoms with E-state index in [0.29, 0.717) is 51.6 Å². The van der Waals surface area contributed by atoms with Crippen LogP contribution < -0.4 is 16.4 Å². The SMILES string of the molecule is CC(C)[C@@H](C(=O)N(OC(=O)[C@@H]1CCC(=O)N1)[C@@H](CC[C@@H](N)Cc1ccccc1)Cc1ccccc1)N1CCCNC1=O. The van der Waals surface area contributed by atoms with Crippen molar-refractivity contribution >= 4 is 23.8 Å². The van der Waals surface area contributed by atoms with Crippen LogP contribution in [0.15, 0.2) is 60.7 Å². The molecule has 0 aliphatic carbocycles. The van der Waals surface area contributed by atoms with Gasteiger partial charge < -0.3 is 26.1 Å². The molecule has 4 atom stereocenters. The lowest BCUT2D eigenvalue weighted by Gasteiger charge is -2.40. The Morgan fingerprint density at radius 3 is 2.21 bits per heavy atom. The average Bonchev–Trinajstić information content (AvgIpc) is 3.42. The van der Waals surface area contributed by atoms with Gasteiger partial charge >= 0.3 is 12.0 Å². The topological polar surface area (TPSA) is 134 Å². The van der Waals surface area contributed by atoms with Crippen LogP contribution >= 0.6 is 0 Å². The zero-order chi connectivity index (χ0) is 30.1. The maximum atomic E-state index is 14.4. The number of nitrogens with two attached hydrogens (primary N) is 1. The normalized spacial score (nSPS) is 19.0. The van der Waals surface area contributed by atoms with Crippen LogP contribution in [0.2, 0.25) is 0 Å². The molecular formula is C32H43N5O5. The number of hydrogen-bond donors (Lipinski definition) is 3. The molecule has 10 heteroatoms. The predicted octanol–water partition coefficient (Wildman–Crippen LogP) is 2.95. The quantitative estimate of drug-likeness (QED) is 0.332. The van der Waals surface area contributed by atoms with E-state index in [9.17, 15) is 19.2 Å². The highest BCUT2D eigenvalue weighted by atomic mass is 16.7. The molecule has 42 heavy (non-hydrogen) atoms. The highest BCUT2D eigenvalue weighted by Gasteiger charge is 2.42. The first kappa shape index (κ1) is 31.0. The van der Waals surface area contributed by atoms with Gasteiger partial charge in [-0.15, -0.1) is 0 Å². The van der Waals surface area contributed by atoms with E-state index in [4.69, 9.17) is 10.6 Å². The second kappa shape index (κ2) is 14.8. The van der Waals surface area contributed by atoms with Gasteiger partial charge in [0.1, 0.15) is 12.1 Å². The van der Waals surface area contributed by atoms with Crippen molar-refractivity contribution in [2.45, 2.75) is 83.0 Å². The van der Waals surface area contributed by atoms with E-state index in [1.165, 1.54) is 9.96 Å². The molecular weight excluding hydrogens is 534 g/mol. The van der Waals surface area contributed by atoms with Gasteiger partial charge in [-0.05, 0) is 55.6 Å². The number of nitrogens with one attached hydrogen (secondary N) is 2. The zero-order valence-electron chi connectivity index (χ0n) is 24.5. The van der Waals surface area contributed by atoms with Gasteiger partial charge in [-0.25, -0.2) is 9.59 Å². The summed E-state index contributed by atoms with van der Waals surface area (Å²) in [6.45, 7) is 4.73. The van der Waals surface area contributed by atoms with E-state index in [2.05, 4.69) is 10.6 Å². The minimum atomic E-state index is -0.840. The maximum absolute atomic E-state index is 14.4. The van der Waals surface area contributed by atoms with E-state index in [0.717, 1.165) is 11.1 Å². The molecule has 2 aliphatic rings. The first-order valence-electron chi connectivity index (χ1n) is 14.9. The molecule has 2 aromatic carbocycles. The van der Waals surface area contributed by atoms with Crippen molar-refractivity contribution in [2.24, 2.45) is 11.7 Å². The molecule has 2 aliphatic heterocycles. The standard InChI is InChI=1S/C32H43N5O5/c1-22(2)29(36-19-9-18-34-32(36)41)30(39)37(42-31(40)27-16-17-28(38)35-27)26(21-24-12-7-4-8-13-24)15-14-25(33)20-23-10-5-3-6-11-23/h3-8,10-13,22,25-27,29H,9,14-21,33H2,1-2H3,(H,34,41)(H,35,38)/t25-,26+,27+,29+/m1/s1. The molecule has 2 heterocycles. The molecule has 2 saturated heterocycles. The fraction of sp³-hybridized carbons (Fsp3) is 0.500. The van der Waals surface area contributed by atoms with Gasteiger partial charge in [0, 0.05) is 25.6 Å². The molecule has 0 aromatic heterocycles. The zero-order valence-corrected chi connectivity index (χ0v) is 24.5. The third-order valence-electron chi connectivity index (χ3n) is 7.88. The van der Waals surface area contributed by atoms with E-state index < -0.39 is 30.0 Å². The van der Waals surface area contributed by atoms with Gasteiger partial charge in [-0.2, -0.15) is 5.06 Å². The van der Waals surface area contributed by atoms with Crippen molar-refractivity contribution in [1.29, 1.82) is 0 Å². The Kier molecular flexibility index (Phi) is 10.9. The summed E-state index contributed by atoms with van der Waals surface area (Å²) < 4.78 is 0. The molecule has 0 radical (unpaired) electrons. The Balaban J connectivity index is 1.63. The van der Waals surface area contributed by atoms with E-state index in [1.807, 2.05) is 74.5 Å². The van der Waals surface area contributed by atoms with Crippen molar-refractivity contribution in [1.82, 2.24) is 20.6 Å². The number of carbonyl (C=O) groups is 4. The molecule has 0 spiro atoms. The van der Waals surface area contributed by atoms with Crippen LogP contribution in [0.25, 0.3) is 0 Å². The minimum Gasteiger partial charge on any atom is -0.343 e. The second-order valence-electron chi connectivity index (χ2n) is 11.6. The van der Waals surface area contributed by atoms with Gasteiger partial charge in [0.25, 0.3) is 5.91 Å². The van der Waals surface area contributed by atoms with Crippen LogP contribution in [0.3, 0.4) is 0 Å². The highest BCUT2D eigenvalue weighted by Crippen LogP contribution is 2.24. The fourth-order valence-electron chi connectivity index (χ4n) is 5.69. The van der Waals surface area contributed by atoms with Crippen molar-refractivity contribution in [3.8, 4) is 0 Å². The molecule has 4 amide bonds. The van der Waals surface area contributed by atoms with Crippen LogP contribution in [0.1, 0.15) is 57.1 Å². The van der Waals surface area contributed by atoms with Crippen LogP contribution in [0, 0.1) is 5.92 Å². The number of hydroxylamine groups is 2. The van der Waals surface area contributed by atoms with Gasteiger partial charge in [0.05, 0.1) is 6.04 Å². The van der Waals surface area contributed by atoms with Gasteiger partial charge in [0.2, 0.25) is 5.91 Å². The molecule has 4 N–H and O–H groups in total. The van der Waals surface area contributed by atoms with Gasteiger partial charge in [0.15, 0.2) is 0 Å². The van der Waals surface area contributed by atoms with Gasteiger partial charge in [-0.1, -0.05) is 74.5 Å². The molecule has 2 aromatic rings. The maximum Gasteiger partial charge on any atom is 0.354 e. The molecule has 10 nitrogen and oxygen atoms in total. The number of amides is 4. The second-order valence-corrected chi connectivity index (χ2v) is 11.6. The summed E-state index contributed by atoms with van der Waals surface area (Å²) in [4.78, 5) is 59.9. The monoisotopic (exact) mass is 577 g/mol. The summed E-state index contributed by atoms with van der Waals surface area (Å²) in [5, 5.41) is 6.65. The highest BCUT2D eigenvalue weighted by molar-refractivity contribution is 5.90. The minimum absolute atomic E-state index is 0.179. The van der Waals surface area contributed by atoms with Crippen molar-refractivity contribution in [3.63, 3.8) is 0 Å². The Labute approximate surface area is 247 Å². The van der Waals surface area contributed by atoms with Crippen molar-refractivity contribution in [2.75, 3.05) is 13.1 Å². The Morgan fingerprint density at radius 1 is 1.00 bits per heavy atom. The number of nitrogens with zero attached hydrogens (tertiary/aromatic N) is 2. The molecule has 0 unspecified atom stereocenters. The number of urea groups is 1. The number of benzene rings is 2. The summed E-state index contributed by atoms with van der Waals surface area (Å²) in [5.74, 6) is -1.62. The van der Waals surface area contributed by atoms with E-state index in [1.54, 1.807) is 0 Å². The summed E-state index contributed by atoms with van der Waals surface area (Å²) in [7, 11) is 0. The Morgan fingerprint density at radius 2 is 1.64 bits per heavy atom. The molecule has 2 fully saturated rings. The Bertz CT molecular complexity index is 1210. The smallest absolute Gasteiger partial charge is 0.343 e. The van der Waals surface area contributed by atoms with Crippen LogP contribution in [-0.2, 0) is 32.1 Å². The van der Waals surface area contributed by atoms with Crippen molar-refractivity contribution in [3.05, 3.63) is 71.8 Å². The lowest BCUT2D eigenvalue weighted by Crippen LogP contribution is -2.60. The first-order valence-corrected chi connectivity index (χ1v) is 14.9. The largest absolute Gasteiger partial charge is 0.354 e. The number of hydrogen-bond acceptors (Lipinski definition) is 6. The summed E-state index contributed by atoms with van der Waals surface area (Å²) in [5.41, 5.74) is 8.66. The number of rotatable bonds is 12. The first-order chi connectivity index (χ1) is 20.2. The average molecular weight is 578 g/mol. The van der Waals surface area contributed by atoms with Crippen LogP contribution in [0.4, 0.5) is 4.79 Å². The van der Waals surface area contributed by atoms with Crippen LogP contribution in [0.5, 0.6) is 0 Å². The number of carbonyl (C=O) groups excluding carboxylic acids is 4. The lowest BCUT2D eigenvalue weighted by molar-refractivity contribution is -0.213. The van der Waals surface area contributed by atoms with Crippen molar-refractivity contribution < 1.29 is 24.0 Å². The fourth-order valence-corrected chi connectivity index (χ4v) is 5.69. The lowest BCUT2D eigenvalue weighted by atomic mass is 9.94. The summed E-state index contributed by atoms with van der Waals surface area (Å²) >= 11 is 0. The van der Waals surface area contributed by atoms with E-state index >= 15 is 0 Å². The summed E-state index contributed by atoms with van der Waals surface area (Å²) in [6, 6.07) is 17.0. The predicted molar refractivity (Wildman–Crippen MR) is 159 cm³/mol.